The van der Waals surface area contributed by atoms with Gasteiger partial charge in [0.1, 0.15) is 5.75 Å². The maximum absolute atomic E-state index is 10.1. The quantitative estimate of drug-likeness (QED) is 0.778. The second kappa shape index (κ2) is 2.99. The number of benzene rings is 1. The number of methoxy groups -OCH3 is 1. The molecule has 0 aliphatic heterocycles. The Balaban J connectivity index is 2.37. The predicted molar refractivity (Wildman–Crippen MR) is 55.4 cm³/mol. The monoisotopic (exact) mass is 192 g/mol. The third-order valence-corrected chi connectivity index (χ3v) is 3.18. The van der Waals surface area contributed by atoms with Crippen LogP contribution >= 0.6 is 0 Å². The van der Waals surface area contributed by atoms with Gasteiger partial charge in [0, 0.05) is 0 Å². The zero-order valence-corrected chi connectivity index (χ0v) is 8.87. The van der Waals surface area contributed by atoms with Crippen LogP contribution in [-0.2, 0) is 5.60 Å². The minimum Gasteiger partial charge on any atom is -0.496 e. The molecule has 0 saturated heterocycles. The number of ether oxygens (including phenoxy) is 1. The van der Waals surface area contributed by atoms with Crippen LogP contribution < -0.4 is 4.74 Å². The summed E-state index contributed by atoms with van der Waals surface area (Å²) in [5, 5.41) is 10.1. The van der Waals surface area contributed by atoms with E-state index < -0.39 is 5.60 Å². The number of aryl methyl sites for hydroxylation is 1. The van der Waals surface area contributed by atoms with Crippen molar-refractivity contribution < 1.29 is 9.84 Å². The smallest absolute Gasteiger partial charge is 0.122 e. The van der Waals surface area contributed by atoms with Crippen LogP contribution in [0.5, 0.6) is 5.75 Å². The molecule has 0 spiro atoms. The van der Waals surface area contributed by atoms with Crippen molar-refractivity contribution in [1.82, 2.24) is 0 Å². The molecule has 0 heterocycles. The van der Waals surface area contributed by atoms with Crippen LogP contribution in [0.1, 0.15) is 24.5 Å². The highest BCUT2D eigenvalue weighted by atomic mass is 16.5. The average Bonchev–Trinajstić information content (AvgIpc) is 2.76. The van der Waals surface area contributed by atoms with Crippen LogP contribution in [0.15, 0.2) is 18.2 Å². The van der Waals surface area contributed by atoms with Gasteiger partial charge in [-0.1, -0.05) is 19.1 Å². The number of rotatable bonds is 2. The lowest BCUT2D eigenvalue weighted by atomic mass is 10.0. The normalized spacial score (nSPS) is 30.1. The maximum atomic E-state index is 10.1. The molecule has 2 nitrogen and oxygen atoms in total. The van der Waals surface area contributed by atoms with Crippen molar-refractivity contribution in [2.45, 2.75) is 25.9 Å². The highest BCUT2D eigenvalue weighted by Gasteiger charge is 2.51. The third-order valence-electron chi connectivity index (χ3n) is 3.18. The Hall–Kier alpha value is -1.02. The largest absolute Gasteiger partial charge is 0.496 e. The molecular formula is C12H16O2. The fourth-order valence-electron chi connectivity index (χ4n) is 1.90. The lowest BCUT2D eigenvalue weighted by Crippen LogP contribution is -2.07. The molecule has 2 atom stereocenters. The van der Waals surface area contributed by atoms with Gasteiger partial charge in [-0.05, 0) is 36.5 Å². The molecule has 1 aromatic rings. The van der Waals surface area contributed by atoms with E-state index in [9.17, 15) is 5.11 Å². The minimum absolute atomic E-state index is 0.370. The van der Waals surface area contributed by atoms with Crippen molar-refractivity contribution >= 4 is 0 Å². The zero-order chi connectivity index (χ0) is 10.3. The lowest BCUT2D eigenvalue weighted by Gasteiger charge is -2.12. The first-order chi connectivity index (χ1) is 6.58. The van der Waals surface area contributed by atoms with E-state index in [0.29, 0.717) is 5.92 Å². The summed E-state index contributed by atoms with van der Waals surface area (Å²) in [6.45, 7) is 4.06. The summed E-state index contributed by atoms with van der Waals surface area (Å²) in [6, 6.07) is 5.93. The summed E-state index contributed by atoms with van der Waals surface area (Å²) in [5.74, 6) is 1.23. The molecule has 1 aliphatic carbocycles. The summed E-state index contributed by atoms with van der Waals surface area (Å²) in [4.78, 5) is 0. The van der Waals surface area contributed by atoms with Gasteiger partial charge in [0.15, 0.2) is 0 Å². The van der Waals surface area contributed by atoms with Crippen molar-refractivity contribution in [2.24, 2.45) is 5.92 Å². The number of hydrogen-bond acceptors (Lipinski definition) is 2. The number of aliphatic hydroxyl groups is 1. The molecule has 2 unspecified atom stereocenters. The first-order valence-corrected chi connectivity index (χ1v) is 4.95. The molecule has 1 aromatic carbocycles. The van der Waals surface area contributed by atoms with Crippen molar-refractivity contribution in [2.75, 3.05) is 7.11 Å². The maximum Gasteiger partial charge on any atom is 0.122 e. The molecule has 2 heteroatoms. The molecule has 2 rings (SSSR count). The SMILES string of the molecule is COc1cc(C2(O)CC2C)ccc1C. The molecule has 0 amide bonds. The van der Waals surface area contributed by atoms with E-state index in [1.807, 2.05) is 25.1 Å². The van der Waals surface area contributed by atoms with Gasteiger partial charge in [-0.25, -0.2) is 0 Å². The van der Waals surface area contributed by atoms with Crippen LogP contribution in [0.4, 0.5) is 0 Å². The molecule has 0 bridgehead atoms. The van der Waals surface area contributed by atoms with E-state index in [1.165, 1.54) is 0 Å². The fraction of sp³-hybridized carbons (Fsp3) is 0.500. The van der Waals surface area contributed by atoms with Gasteiger partial charge < -0.3 is 9.84 Å². The van der Waals surface area contributed by atoms with E-state index in [4.69, 9.17) is 4.74 Å². The first kappa shape index (κ1) is 9.53. The van der Waals surface area contributed by atoms with Gasteiger partial charge in [-0.3, -0.25) is 0 Å². The molecule has 1 N–H and O–H groups in total. The Bertz CT molecular complexity index is 359. The number of hydrogen-bond donors (Lipinski definition) is 1. The second-order valence-electron chi connectivity index (χ2n) is 4.21. The van der Waals surface area contributed by atoms with E-state index in [0.717, 1.165) is 23.3 Å². The molecule has 0 radical (unpaired) electrons. The van der Waals surface area contributed by atoms with Crippen LogP contribution in [0.3, 0.4) is 0 Å². The molecule has 1 aliphatic rings. The summed E-state index contributed by atoms with van der Waals surface area (Å²) in [7, 11) is 1.66. The average molecular weight is 192 g/mol. The standard InChI is InChI=1S/C12H16O2/c1-8-4-5-10(6-11(8)14-3)12(13)7-9(12)2/h4-6,9,13H,7H2,1-3H3. The Morgan fingerprint density at radius 1 is 1.50 bits per heavy atom. The summed E-state index contributed by atoms with van der Waals surface area (Å²) < 4.78 is 5.23. The van der Waals surface area contributed by atoms with Crippen molar-refractivity contribution in [1.29, 1.82) is 0 Å². The molecule has 0 aromatic heterocycles. The van der Waals surface area contributed by atoms with Gasteiger partial charge in [-0.2, -0.15) is 0 Å². The Labute approximate surface area is 84.5 Å². The highest BCUT2D eigenvalue weighted by Crippen LogP contribution is 2.52. The van der Waals surface area contributed by atoms with Crippen LogP contribution in [0.25, 0.3) is 0 Å². The van der Waals surface area contributed by atoms with Crippen molar-refractivity contribution in [3.8, 4) is 5.75 Å². The zero-order valence-electron chi connectivity index (χ0n) is 8.87. The van der Waals surface area contributed by atoms with E-state index >= 15 is 0 Å². The second-order valence-corrected chi connectivity index (χ2v) is 4.21. The van der Waals surface area contributed by atoms with Gasteiger partial charge in [0.25, 0.3) is 0 Å². The Kier molecular flexibility index (Phi) is 2.04. The fourth-order valence-corrected chi connectivity index (χ4v) is 1.90. The molecule has 14 heavy (non-hydrogen) atoms. The molecule has 1 saturated carbocycles. The van der Waals surface area contributed by atoms with E-state index in [1.54, 1.807) is 7.11 Å². The summed E-state index contributed by atoms with van der Waals surface area (Å²) >= 11 is 0. The Morgan fingerprint density at radius 3 is 2.64 bits per heavy atom. The third kappa shape index (κ3) is 1.30. The first-order valence-electron chi connectivity index (χ1n) is 4.95. The Morgan fingerprint density at radius 2 is 2.14 bits per heavy atom. The van der Waals surface area contributed by atoms with Gasteiger partial charge in [0.05, 0.1) is 12.7 Å². The highest BCUT2D eigenvalue weighted by molar-refractivity contribution is 5.41. The molecule has 1 fully saturated rings. The van der Waals surface area contributed by atoms with Gasteiger partial charge in [0.2, 0.25) is 0 Å². The molecule has 76 valence electrons. The summed E-state index contributed by atoms with van der Waals surface area (Å²) in [6.07, 6.45) is 0.860. The van der Waals surface area contributed by atoms with Crippen LogP contribution in [-0.4, -0.2) is 12.2 Å². The minimum atomic E-state index is -0.596. The molecular weight excluding hydrogens is 176 g/mol. The van der Waals surface area contributed by atoms with Crippen LogP contribution in [0.2, 0.25) is 0 Å². The van der Waals surface area contributed by atoms with Gasteiger partial charge in [-0.15, -0.1) is 0 Å². The summed E-state index contributed by atoms with van der Waals surface area (Å²) in [5.41, 5.74) is 1.49. The van der Waals surface area contributed by atoms with E-state index in [-0.39, 0.29) is 0 Å². The van der Waals surface area contributed by atoms with Crippen molar-refractivity contribution in [3.63, 3.8) is 0 Å². The van der Waals surface area contributed by atoms with Crippen molar-refractivity contribution in [3.05, 3.63) is 29.3 Å². The lowest BCUT2D eigenvalue weighted by molar-refractivity contribution is 0.134. The van der Waals surface area contributed by atoms with Gasteiger partial charge >= 0.3 is 0 Å². The topological polar surface area (TPSA) is 29.5 Å². The predicted octanol–water partition coefficient (Wildman–Crippen LogP) is 2.23. The van der Waals surface area contributed by atoms with Crippen LogP contribution in [0, 0.1) is 12.8 Å². The van der Waals surface area contributed by atoms with E-state index in [2.05, 4.69) is 6.92 Å².